The van der Waals surface area contributed by atoms with E-state index in [4.69, 9.17) is 4.99 Å². The van der Waals surface area contributed by atoms with Crippen molar-refractivity contribution in [1.82, 2.24) is 20.5 Å². The molecule has 6 heteroatoms. The molecule has 0 amide bonds. The number of nitrogens with zero attached hydrogens (tertiary/aromatic N) is 3. The van der Waals surface area contributed by atoms with Gasteiger partial charge < -0.3 is 10.6 Å². The topological polar surface area (TPSA) is 52.6 Å². The maximum absolute atomic E-state index is 4.71. The Bertz CT molecular complexity index is 689. The van der Waals surface area contributed by atoms with Gasteiger partial charge in [0.15, 0.2) is 5.96 Å². The molecule has 2 aromatic rings. The molecule has 2 N–H and O–H groups in total. The van der Waals surface area contributed by atoms with Crippen LogP contribution in [0.3, 0.4) is 0 Å². The molecule has 0 saturated carbocycles. The van der Waals surface area contributed by atoms with Crippen LogP contribution in [0.4, 0.5) is 0 Å². The van der Waals surface area contributed by atoms with Gasteiger partial charge in [0.2, 0.25) is 0 Å². The first-order valence-electron chi connectivity index (χ1n) is 9.94. The summed E-state index contributed by atoms with van der Waals surface area (Å²) in [6.07, 6.45) is 3.00. The molecule has 0 radical (unpaired) electrons. The van der Waals surface area contributed by atoms with E-state index in [0.717, 1.165) is 43.6 Å². The Morgan fingerprint density at radius 1 is 1.04 bits per heavy atom. The van der Waals surface area contributed by atoms with Gasteiger partial charge in [0.05, 0.1) is 13.1 Å². The average Bonchev–Trinajstić information content (AvgIpc) is 3.17. The largest absolute Gasteiger partial charge is 0.357 e. The summed E-state index contributed by atoms with van der Waals surface area (Å²) in [5, 5.41) is 7.78. The van der Waals surface area contributed by atoms with Crippen molar-refractivity contribution in [2.45, 2.75) is 53.8 Å². The maximum atomic E-state index is 4.71. The summed E-state index contributed by atoms with van der Waals surface area (Å²) in [5.41, 5.74) is 2.57. The Morgan fingerprint density at radius 3 is 2.33 bits per heavy atom. The predicted molar refractivity (Wildman–Crippen MR) is 116 cm³/mol. The smallest absolute Gasteiger partial charge is 0.191 e. The van der Waals surface area contributed by atoms with Crippen LogP contribution in [-0.2, 0) is 26.1 Å². The SMILES string of the molecule is CCNC(=NCc1ccc(CN(CC)CC)cc1)NCc1ncc(CC)s1. The second-order valence-electron chi connectivity index (χ2n) is 6.40. The van der Waals surface area contributed by atoms with E-state index in [-0.39, 0.29) is 0 Å². The van der Waals surface area contributed by atoms with Crippen LogP contribution in [0, 0.1) is 0 Å². The Balaban J connectivity index is 1.91. The van der Waals surface area contributed by atoms with Gasteiger partial charge >= 0.3 is 0 Å². The summed E-state index contributed by atoms with van der Waals surface area (Å²) in [4.78, 5) is 12.9. The third-order valence-corrected chi connectivity index (χ3v) is 5.59. The number of nitrogens with one attached hydrogen (secondary N) is 2. The second kappa shape index (κ2) is 11.7. The third kappa shape index (κ3) is 7.31. The van der Waals surface area contributed by atoms with Crippen LogP contribution in [0.5, 0.6) is 0 Å². The van der Waals surface area contributed by atoms with E-state index in [1.165, 1.54) is 16.0 Å². The number of hydrogen-bond acceptors (Lipinski definition) is 4. The van der Waals surface area contributed by atoms with Crippen LogP contribution in [0.1, 0.15) is 48.7 Å². The molecule has 0 aliphatic rings. The summed E-state index contributed by atoms with van der Waals surface area (Å²) in [6, 6.07) is 8.79. The molecular weight excluding hydrogens is 354 g/mol. The van der Waals surface area contributed by atoms with Crippen LogP contribution >= 0.6 is 11.3 Å². The van der Waals surface area contributed by atoms with Gasteiger partial charge in [0, 0.05) is 24.2 Å². The van der Waals surface area contributed by atoms with Crippen molar-refractivity contribution in [3.8, 4) is 0 Å². The monoisotopic (exact) mass is 387 g/mol. The zero-order valence-corrected chi connectivity index (χ0v) is 17.9. The molecule has 5 nitrogen and oxygen atoms in total. The van der Waals surface area contributed by atoms with Gasteiger partial charge in [0.1, 0.15) is 5.01 Å². The molecule has 0 saturated heterocycles. The van der Waals surface area contributed by atoms with E-state index >= 15 is 0 Å². The lowest BCUT2D eigenvalue weighted by molar-refractivity contribution is 0.296. The number of aliphatic imine (C=N–C) groups is 1. The van der Waals surface area contributed by atoms with Gasteiger partial charge in [-0.2, -0.15) is 0 Å². The molecule has 27 heavy (non-hydrogen) atoms. The highest BCUT2D eigenvalue weighted by Crippen LogP contribution is 2.13. The average molecular weight is 388 g/mol. The lowest BCUT2D eigenvalue weighted by atomic mass is 10.1. The van der Waals surface area contributed by atoms with E-state index in [0.29, 0.717) is 13.1 Å². The molecule has 0 bridgehead atoms. The molecule has 2 rings (SSSR count). The summed E-state index contributed by atoms with van der Waals surface area (Å²) in [7, 11) is 0. The van der Waals surface area contributed by atoms with E-state index in [2.05, 4.69) is 72.5 Å². The minimum atomic E-state index is 0.666. The van der Waals surface area contributed by atoms with Crippen LogP contribution in [-0.4, -0.2) is 35.5 Å². The van der Waals surface area contributed by atoms with Gasteiger partial charge in [-0.05, 0) is 37.6 Å². The highest BCUT2D eigenvalue weighted by molar-refractivity contribution is 7.11. The number of rotatable bonds is 10. The van der Waals surface area contributed by atoms with Crippen molar-refractivity contribution in [2.75, 3.05) is 19.6 Å². The zero-order valence-electron chi connectivity index (χ0n) is 17.1. The summed E-state index contributed by atoms with van der Waals surface area (Å²) in [6.45, 7) is 14.0. The number of thiazole rings is 1. The first-order valence-corrected chi connectivity index (χ1v) is 10.8. The third-order valence-electron chi connectivity index (χ3n) is 4.44. The highest BCUT2D eigenvalue weighted by atomic mass is 32.1. The zero-order chi connectivity index (χ0) is 19.5. The maximum Gasteiger partial charge on any atom is 0.191 e. The number of benzene rings is 1. The van der Waals surface area contributed by atoms with Crippen LogP contribution in [0.2, 0.25) is 0 Å². The van der Waals surface area contributed by atoms with Crippen molar-refractivity contribution < 1.29 is 0 Å². The molecule has 148 valence electrons. The Kier molecular flexibility index (Phi) is 9.28. The standard InChI is InChI=1S/C21H33N5S/c1-5-19-14-23-20(27-19)15-25-21(22-6-2)24-13-17-9-11-18(12-10-17)16-26(7-3)8-4/h9-12,14H,5-8,13,15-16H2,1-4H3,(H2,22,24,25). The minimum absolute atomic E-state index is 0.666. The fourth-order valence-electron chi connectivity index (χ4n) is 2.72. The van der Waals surface area contributed by atoms with Crippen LogP contribution in [0.15, 0.2) is 35.5 Å². The summed E-state index contributed by atoms with van der Waals surface area (Å²) >= 11 is 1.76. The molecular formula is C21H33N5S. The minimum Gasteiger partial charge on any atom is -0.357 e. The van der Waals surface area contributed by atoms with Crippen molar-refractivity contribution in [3.05, 3.63) is 51.5 Å². The molecule has 0 unspecified atom stereocenters. The van der Waals surface area contributed by atoms with Crippen molar-refractivity contribution >= 4 is 17.3 Å². The molecule has 0 atom stereocenters. The second-order valence-corrected chi connectivity index (χ2v) is 7.60. The van der Waals surface area contributed by atoms with E-state index in [9.17, 15) is 0 Å². The fraction of sp³-hybridized carbons (Fsp3) is 0.524. The molecule has 1 heterocycles. The lowest BCUT2D eigenvalue weighted by Crippen LogP contribution is -2.36. The highest BCUT2D eigenvalue weighted by Gasteiger charge is 2.04. The molecule has 0 aliphatic heterocycles. The van der Waals surface area contributed by atoms with E-state index in [1.54, 1.807) is 11.3 Å². The first kappa shape index (κ1) is 21.4. The molecule has 0 fully saturated rings. The summed E-state index contributed by atoms with van der Waals surface area (Å²) < 4.78 is 0. The normalized spacial score (nSPS) is 11.8. The fourth-order valence-corrected chi connectivity index (χ4v) is 3.52. The van der Waals surface area contributed by atoms with Gasteiger partial charge in [-0.15, -0.1) is 11.3 Å². The quantitative estimate of drug-likeness (QED) is 0.481. The first-order chi connectivity index (χ1) is 13.2. The van der Waals surface area contributed by atoms with Gasteiger partial charge in [0.25, 0.3) is 0 Å². The number of aryl methyl sites for hydroxylation is 1. The van der Waals surface area contributed by atoms with Crippen LogP contribution in [0.25, 0.3) is 0 Å². The Labute approximate surface area is 167 Å². The van der Waals surface area contributed by atoms with Crippen LogP contribution < -0.4 is 10.6 Å². The van der Waals surface area contributed by atoms with Crippen molar-refractivity contribution in [1.29, 1.82) is 0 Å². The van der Waals surface area contributed by atoms with Crippen molar-refractivity contribution in [3.63, 3.8) is 0 Å². The number of hydrogen-bond donors (Lipinski definition) is 2. The predicted octanol–water partition coefficient (Wildman–Crippen LogP) is 3.80. The molecule has 1 aromatic carbocycles. The van der Waals surface area contributed by atoms with E-state index in [1.807, 2.05) is 6.20 Å². The van der Waals surface area contributed by atoms with Gasteiger partial charge in [-0.3, -0.25) is 4.90 Å². The van der Waals surface area contributed by atoms with Gasteiger partial charge in [-0.25, -0.2) is 9.98 Å². The molecule has 1 aromatic heterocycles. The Hall–Kier alpha value is -1.92. The number of aromatic nitrogens is 1. The summed E-state index contributed by atoms with van der Waals surface area (Å²) in [5.74, 6) is 0.831. The number of guanidine groups is 1. The van der Waals surface area contributed by atoms with Crippen molar-refractivity contribution in [2.24, 2.45) is 4.99 Å². The Morgan fingerprint density at radius 2 is 1.74 bits per heavy atom. The van der Waals surface area contributed by atoms with E-state index < -0.39 is 0 Å². The van der Waals surface area contributed by atoms with Gasteiger partial charge in [-0.1, -0.05) is 45.0 Å². The lowest BCUT2D eigenvalue weighted by Gasteiger charge is -2.18. The molecule has 0 aliphatic carbocycles. The molecule has 0 spiro atoms.